The fraction of sp³-hybridized carbons (Fsp3) is 0.500. The van der Waals surface area contributed by atoms with Gasteiger partial charge in [-0.2, -0.15) is 0 Å². The number of aromatic nitrogens is 1. The summed E-state index contributed by atoms with van der Waals surface area (Å²) < 4.78 is 5.66. The number of nitrogens with two attached hydrogens (primary N) is 1. The van der Waals surface area contributed by atoms with Crippen LogP contribution in [0.25, 0.3) is 0 Å². The van der Waals surface area contributed by atoms with E-state index in [1.54, 1.807) is 6.20 Å². The van der Waals surface area contributed by atoms with Gasteiger partial charge >= 0.3 is 5.97 Å². The molecule has 0 saturated carbocycles. The van der Waals surface area contributed by atoms with Crippen molar-refractivity contribution in [2.75, 3.05) is 30.8 Å². The molecule has 1 aliphatic rings. The molecule has 0 aromatic carbocycles. The quantitative estimate of drug-likeness (QED) is 0.843. The van der Waals surface area contributed by atoms with Crippen LogP contribution in [0.5, 0.6) is 0 Å². The van der Waals surface area contributed by atoms with E-state index in [1.165, 1.54) is 7.11 Å². The number of nitrogens with zero attached hydrogens (tertiary/aromatic N) is 2. The Bertz CT molecular complexity index is 453. The highest BCUT2D eigenvalue weighted by atomic mass is 79.9. The lowest BCUT2D eigenvalue weighted by Gasteiger charge is -2.32. The van der Waals surface area contributed by atoms with Crippen molar-refractivity contribution in [3.8, 4) is 0 Å². The smallest absolute Gasteiger partial charge is 0.310 e. The molecule has 1 fully saturated rings. The molecule has 0 radical (unpaired) electrons. The third-order valence-corrected chi connectivity index (χ3v) is 3.68. The first kappa shape index (κ1) is 13.1. The third kappa shape index (κ3) is 2.75. The van der Waals surface area contributed by atoms with Crippen molar-refractivity contribution < 1.29 is 9.53 Å². The maximum atomic E-state index is 11.6. The predicted molar refractivity (Wildman–Crippen MR) is 73.3 cm³/mol. The average molecular weight is 314 g/mol. The number of esters is 1. The number of pyridine rings is 1. The Morgan fingerprint density at radius 1 is 1.67 bits per heavy atom. The standard InChI is InChI=1S/C12H16BrN3O2/c1-18-12(17)8-3-2-4-16(7-8)11-10(13)5-9(14)6-15-11/h5-6,8H,2-4,7,14H2,1H3. The van der Waals surface area contributed by atoms with Gasteiger partial charge < -0.3 is 15.4 Å². The highest BCUT2D eigenvalue weighted by Crippen LogP contribution is 2.29. The molecule has 0 aliphatic carbocycles. The van der Waals surface area contributed by atoms with Crippen LogP contribution in [0.2, 0.25) is 0 Å². The van der Waals surface area contributed by atoms with Crippen LogP contribution < -0.4 is 10.6 Å². The van der Waals surface area contributed by atoms with Crippen molar-refractivity contribution in [2.45, 2.75) is 12.8 Å². The van der Waals surface area contributed by atoms with Crippen molar-refractivity contribution in [1.82, 2.24) is 4.98 Å². The summed E-state index contributed by atoms with van der Waals surface area (Å²) in [5.41, 5.74) is 6.29. The van der Waals surface area contributed by atoms with Crippen LogP contribution >= 0.6 is 15.9 Å². The number of methoxy groups -OCH3 is 1. The van der Waals surface area contributed by atoms with E-state index >= 15 is 0 Å². The lowest BCUT2D eigenvalue weighted by molar-refractivity contribution is -0.145. The zero-order valence-corrected chi connectivity index (χ0v) is 11.8. The van der Waals surface area contributed by atoms with Crippen molar-refractivity contribution in [1.29, 1.82) is 0 Å². The molecule has 2 N–H and O–H groups in total. The van der Waals surface area contributed by atoms with Crippen molar-refractivity contribution in [3.63, 3.8) is 0 Å². The predicted octanol–water partition coefficient (Wildman–Crippen LogP) is 1.82. The molecule has 1 aliphatic heterocycles. The zero-order valence-electron chi connectivity index (χ0n) is 10.2. The van der Waals surface area contributed by atoms with Gasteiger partial charge in [-0.05, 0) is 34.8 Å². The molecule has 1 aromatic heterocycles. The summed E-state index contributed by atoms with van der Waals surface area (Å²) in [7, 11) is 1.43. The summed E-state index contributed by atoms with van der Waals surface area (Å²) in [6.45, 7) is 1.53. The van der Waals surface area contributed by atoms with Gasteiger partial charge in [-0.15, -0.1) is 0 Å². The second kappa shape index (κ2) is 5.56. The summed E-state index contributed by atoms with van der Waals surface area (Å²) in [5.74, 6) is 0.610. The van der Waals surface area contributed by atoms with Crippen LogP contribution in [-0.4, -0.2) is 31.2 Å². The Morgan fingerprint density at radius 2 is 2.44 bits per heavy atom. The van der Waals surface area contributed by atoms with Crippen LogP contribution in [0.4, 0.5) is 11.5 Å². The van der Waals surface area contributed by atoms with Crippen LogP contribution in [0.3, 0.4) is 0 Å². The summed E-state index contributed by atoms with van der Waals surface area (Å²) >= 11 is 3.46. The number of rotatable bonds is 2. The first-order valence-electron chi connectivity index (χ1n) is 5.85. The molecule has 1 unspecified atom stereocenters. The molecular weight excluding hydrogens is 298 g/mol. The van der Waals surface area contributed by atoms with Crippen LogP contribution in [-0.2, 0) is 9.53 Å². The van der Waals surface area contributed by atoms with Gasteiger partial charge in [0.15, 0.2) is 0 Å². The minimum absolute atomic E-state index is 0.0741. The number of hydrogen-bond acceptors (Lipinski definition) is 5. The van der Waals surface area contributed by atoms with Crippen LogP contribution in [0, 0.1) is 5.92 Å². The van der Waals surface area contributed by atoms with E-state index in [9.17, 15) is 4.79 Å². The van der Waals surface area contributed by atoms with Crippen LogP contribution in [0.15, 0.2) is 16.7 Å². The summed E-state index contributed by atoms with van der Waals surface area (Å²) in [6.07, 6.45) is 3.45. The summed E-state index contributed by atoms with van der Waals surface area (Å²) in [4.78, 5) is 18.0. The zero-order chi connectivity index (χ0) is 13.1. The molecule has 18 heavy (non-hydrogen) atoms. The number of ether oxygens (including phenoxy) is 1. The third-order valence-electron chi connectivity index (χ3n) is 3.10. The van der Waals surface area contributed by atoms with E-state index in [2.05, 4.69) is 25.8 Å². The number of nitrogen functional groups attached to an aromatic ring is 1. The number of carbonyl (C=O) groups is 1. The SMILES string of the molecule is COC(=O)C1CCCN(c2ncc(N)cc2Br)C1. The number of piperidine rings is 1. The van der Waals surface area contributed by atoms with Gasteiger partial charge in [0.2, 0.25) is 0 Å². The van der Waals surface area contributed by atoms with E-state index in [-0.39, 0.29) is 11.9 Å². The molecule has 1 atom stereocenters. The number of hydrogen-bond donors (Lipinski definition) is 1. The average Bonchev–Trinajstić information content (AvgIpc) is 2.38. The lowest BCUT2D eigenvalue weighted by Crippen LogP contribution is -2.39. The molecule has 0 amide bonds. The van der Waals surface area contributed by atoms with Gasteiger partial charge in [-0.3, -0.25) is 4.79 Å². The van der Waals surface area contributed by atoms with E-state index in [4.69, 9.17) is 10.5 Å². The number of anilines is 2. The van der Waals surface area contributed by atoms with E-state index in [0.29, 0.717) is 12.2 Å². The van der Waals surface area contributed by atoms with Gasteiger partial charge in [0.05, 0.1) is 29.4 Å². The Labute approximate surface area is 114 Å². The largest absolute Gasteiger partial charge is 0.469 e. The maximum Gasteiger partial charge on any atom is 0.310 e. The van der Waals surface area contributed by atoms with Gasteiger partial charge in [-0.1, -0.05) is 0 Å². The second-order valence-corrected chi connectivity index (χ2v) is 5.24. The summed E-state index contributed by atoms with van der Waals surface area (Å²) in [6, 6.07) is 1.82. The van der Waals surface area contributed by atoms with E-state index in [0.717, 1.165) is 29.7 Å². The Balaban J connectivity index is 2.15. The topological polar surface area (TPSA) is 68.5 Å². The lowest BCUT2D eigenvalue weighted by atomic mass is 9.98. The minimum Gasteiger partial charge on any atom is -0.469 e. The van der Waals surface area contributed by atoms with Crippen molar-refractivity contribution >= 4 is 33.4 Å². The second-order valence-electron chi connectivity index (χ2n) is 4.38. The molecule has 2 heterocycles. The molecule has 1 saturated heterocycles. The first-order valence-corrected chi connectivity index (χ1v) is 6.65. The maximum absolute atomic E-state index is 11.6. The fourth-order valence-electron chi connectivity index (χ4n) is 2.21. The molecule has 6 heteroatoms. The highest BCUT2D eigenvalue weighted by molar-refractivity contribution is 9.10. The van der Waals surface area contributed by atoms with E-state index in [1.807, 2.05) is 6.07 Å². The first-order chi connectivity index (χ1) is 8.61. The number of halogens is 1. The molecule has 0 spiro atoms. The summed E-state index contributed by atoms with van der Waals surface area (Å²) in [5, 5.41) is 0. The Kier molecular flexibility index (Phi) is 4.06. The normalized spacial score (nSPS) is 19.7. The van der Waals surface area contributed by atoms with Gasteiger partial charge in [0.25, 0.3) is 0 Å². The Hall–Kier alpha value is -1.30. The molecule has 2 rings (SSSR count). The minimum atomic E-state index is -0.147. The molecule has 98 valence electrons. The van der Waals surface area contributed by atoms with Crippen LogP contribution in [0.1, 0.15) is 12.8 Å². The molecule has 1 aromatic rings. The van der Waals surface area contributed by atoms with Gasteiger partial charge in [0, 0.05) is 13.1 Å². The highest BCUT2D eigenvalue weighted by Gasteiger charge is 2.27. The number of carbonyl (C=O) groups excluding carboxylic acids is 1. The van der Waals surface area contributed by atoms with Gasteiger partial charge in [-0.25, -0.2) is 4.98 Å². The molecular formula is C12H16BrN3O2. The van der Waals surface area contributed by atoms with Crippen molar-refractivity contribution in [3.05, 3.63) is 16.7 Å². The monoisotopic (exact) mass is 313 g/mol. The van der Waals surface area contributed by atoms with Gasteiger partial charge in [0.1, 0.15) is 5.82 Å². The molecule has 0 bridgehead atoms. The Morgan fingerprint density at radius 3 is 3.11 bits per heavy atom. The molecule has 5 nitrogen and oxygen atoms in total. The van der Waals surface area contributed by atoms with E-state index < -0.39 is 0 Å². The van der Waals surface area contributed by atoms with Crippen molar-refractivity contribution in [2.24, 2.45) is 5.92 Å². The fourth-order valence-corrected chi connectivity index (χ4v) is 2.82.